The van der Waals surface area contributed by atoms with E-state index in [-0.39, 0.29) is 24.3 Å². The molecule has 1 fully saturated rings. The quantitative estimate of drug-likeness (QED) is 0.267. The van der Waals surface area contributed by atoms with E-state index in [9.17, 15) is 24.3 Å². The molecule has 2 aromatic rings. The van der Waals surface area contributed by atoms with Crippen LogP contribution in [-0.4, -0.2) is 63.4 Å². The maximum Gasteiger partial charge on any atom is 0.244 e. The number of primary amides is 1. The summed E-state index contributed by atoms with van der Waals surface area (Å²) >= 11 is 0. The van der Waals surface area contributed by atoms with Crippen LogP contribution in [0.15, 0.2) is 54.6 Å². The number of carbonyl (C=O) groups excluding carboxylic acids is 4. The molecule has 3 rings (SSSR count). The fourth-order valence-electron chi connectivity index (χ4n) is 3.87. The number of rotatable bonds is 7. The van der Waals surface area contributed by atoms with Gasteiger partial charge in [-0.2, -0.15) is 0 Å². The lowest BCUT2D eigenvalue weighted by atomic mass is 9.99. The van der Waals surface area contributed by atoms with Gasteiger partial charge in [0.2, 0.25) is 23.6 Å². The van der Waals surface area contributed by atoms with Gasteiger partial charge in [-0.3, -0.25) is 19.2 Å². The summed E-state index contributed by atoms with van der Waals surface area (Å²) in [5.74, 6) is -2.04. The molecule has 4 amide bonds. The van der Waals surface area contributed by atoms with Crippen molar-refractivity contribution in [1.82, 2.24) is 16.0 Å². The minimum Gasteiger partial charge on any atom is -0.508 e. The van der Waals surface area contributed by atoms with Gasteiger partial charge < -0.3 is 32.5 Å². The van der Waals surface area contributed by atoms with Crippen LogP contribution in [0.4, 0.5) is 0 Å². The molecule has 204 valence electrons. The van der Waals surface area contributed by atoms with E-state index in [1.807, 2.05) is 30.3 Å². The summed E-state index contributed by atoms with van der Waals surface area (Å²) in [5, 5.41) is 17.7. The Hall–Kier alpha value is -3.22. The zero-order valence-corrected chi connectivity index (χ0v) is 22.8. The molecule has 0 radical (unpaired) electrons. The Kier molecular flexibility index (Phi) is 10.1. The van der Waals surface area contributed by atoms with E-state index in [0.717, 1.165) is 11.1 Å². The Morgan fingerprint density at radius 1 is 1.05 bits per heavy atom. The van der Waals surface area contributed by atoms with Crippen LogP contribution in [0.3, 0.4) is 0 Å². The Balaban J connectivity index is 1.84. The number of aromatic hydroxyl groups is 1. The lowest BCUT2D eigenvalue weighted by Crippen LogP contribution is -2.62. The van der Waals surface area contributed by atoms with Crippen LogP contribution in [0.2, 0.25) is 0 Å². The zero-order valence-electron chi connectivity index (χ0n) is 21.2. The van der Waals surface area contributed by atoms with E-state index in [2.05, 4.69) is 16.0 Å². The highest BCUT2D eigenvalue weighted by Crippen LogP contribution is 2.39. The predicted octanol–water partition coefficient (Wildman–Crippen LogP) is 0.618. The van der Waals surface area contributed by atoms with Crippen LogP contribution in [0.1, 0.15) is 25.0 Å². The molecule has 1 saturated heterocycles. The average molecular weight is 560 g/mol. The van der Waals surface area contributed by atoms with Crippen LogP contribution in [0.5, 0.6) is 5.75 Å². The van der Waals surface area contributed by atoms with Crippen LogP contribution >= 0.6 is 21.6 Å². The molecule has 2 aromatic carbocycles. The van der Waals surface area contributed by atoms with Gasteiger partial charge >= 0.3 is 0 Å². The van der Waals surface area contributed by atoms with E-state index < -0.39 is 52.5 Å². The predicted molar refractivity (Wildman–Crippen MR) is 149 cm³/mol. The summed E-state index contributed by atoms with van der Waals surface area (Å²) in [4.78, 5) is 51.8. The van der Waals surface area contributed by atoms with Gasteiger partial charge in [0.1, 0.15) is 23.9 Å². The topological polar surface area (TPSA) is 177 Å². The first-order chi connectivity index (χ1) is 18.0. The normalized spacial score (nSPS) is 22.8. The van der Waals surface area contributed by atoms with Crippen molar-refractivity contribution in [2.24, 2.45) is 11.5 Å². The molecule has 0 bridgehead atoms. The number of phenolic OH excluding ortho intramolecular Hbond substituents is 1. The smallest absolute Gasteiger partial charge is 0.244 e. The second-order valence-corrected chi connectivity index (χ2v) is 12.6. The van der Waals surface area contributed by atoms with Gasteiger partial charge in [-0.05, 0) is 43.5 Å². The highest BCUT2D eigenvalue weighted by Gasteiger charge is 2.41. The van der Waals surface area contributed by atoms with Crippen LogP contribution in [0.25, 0.3) is 0 Å². The summed E-state index contributed by atoms with van der Waals surface area (Å²) in [5.41, 5.74) is 13.2. The fourth-order valence-corrected chi connectivity index (χ4v) is 6.70. The minimum atomic E-state index is -1.05. The molecule has 1 aliphatic rings. The van der Waals surface area contributed by atoms with Crippen molar-refractivity contribution in [3.8, 4) is 5.75 Å². The maximum atomic E-state index is 13.6. The van der Waals surface area contributed by atoms with Gasteiger partial charge in [-0.25, -0.2) is 0 Å². The Labute approximate surface area is 229 Å². The van der Waals surface area contributed by atoms with Gasteiger partial charge in [-0.15, -0.1) is 0 Å². The van der Waals surface area contributed by atoms with E-state index in [4.69, 9.17) is 11.5 Å². The van der Waals surface area contributed by atoms with Crippen molar-refractivity contribution >= 4 is 45.2 Å². The van der Waals surface area contributed by atoms with Gasteiger partial charge in [0.05, 0.1) is 6.04 Å². The molecule has 0 spiro atoms. The van der Waals surface area contributed by atoms with E-state index in [1.54, 1.807) is 26.0 Å². The zero-order chi connectivity index (χ0) is 27.9. The maximum absolute atomic E-state index is 13.6. The molecule has 8 N–H and O–H groups in total. The Bertz CT molecular complexity index is 1150. The molecule has 10 nitrogen and oxygen atoms in total. The number of hydrogen-bond donors (Lipinski definition) is 6. The second-order valence-electron chi connectivity index (χ2n) is 9.60. The minimum absolute atomic E-state index is 0.102. The number of carbonyl (C=O) groups is 4. The molecule has 38 heavy (non-hydrogen) atoms. The van der Waals surface area contributed by atoms with Crippen molar-refractivity contribution < 1.29 is 24.3 Å². The molecule has 1 unspecified atom stereocenters. The molecule has 4 atom stereocenters. The fraction of sp³-hybridized carbons (Fsp3) is 0.385. The van der Waals surface area contributed by atoms with Gasteiger partial charge in [0.25, 0.3) is 0 Å². The number of phenols is 1. The molecule has 0 aromatic heterocycles. The Morgan fingerprint density at radius 2 is 1.71 bits per heavy atom. The summed E-state index contributed by atoms with van der Waals surface area (Å²) < 4.78 is -0.852. The largest absolute Gasteiger partial charge is 0.508 e. The van der Waals surface area contributed by atoms with E-state index in [0.29, 0.717) is 0 Å². The lowest BCUT2D eigenvalue weighted by molar-refractivity contribution is -0.133. The molecular weight excluding hydrogens is 526 g/mol. The van der Waals surface area contributed by atoms with Crippen molar-refractivity contribution in [2.45, 2.75) is 55.6 Å². The number of benzene rings is 2. The third-order valence-corrected chi connectivity index (χ3v) is 9.36. The lowest BCUT2D eigenvalue weighted by Gasteiger charge is -2.34. The molecule has 1 aliphatic heterocycles. The van der Waals surface area contributed by atoms with E-state index in [1.165, 1.54) is 33.7 Å². The van der Waals surface area contributed by atoms with Gasteiger partial charge in [0.15, 0.2) is 0 Å². The van der Waals surface area contributed by atoms with Crippen LogP contribution in [-0.2, 0) is 32.0 Å². The average Bonchev–Trinajstić information content (AvgIpc) is 2.88. The number of nitrogens with one attached hydrogen (secondary N) is 3. The third kappa shape index (κ3) is 8.14. The summed E-state index contributed by atoms with van der Waals surface area (Å²) in [6.45, 7) is 3.58. The standard InChI is InChI=1S/C26H33N5O5S2/c1-26(2)21(31-23(34)18(27)12-16-8-10-17(32)11-9-16)25(36)29-19(13-15-6-4-3-5-7-15)24(35)30-20(22(28)33)14-37-38-26/h3-11,18-21,32H,12-14,27H2,1-2H3,(H2,28,33)(H,29,36)(H,30,35)(H,31,34)/t18-,19?,20-,21-/m0/s1. The number of nitrogens with two attached hydrogens (primary N) is 2. The van der Waals surface area contributed by atoms with Gasteiger partial charge in [-0.1, -0.05) is 64.1 Å². The first-order valence-electron chi connectivity index (χ1n) is 12.0. The van der Waals surface area contributed by atoms with Gasteiger partial charge in [0, 0.05) is 16.9 Å². The first kappa shape index (κ1) is 29.3. The monoisotopic (exact) mass is 559 g/mol. The van der Waals surface area contributed by atoms with Crippen LogP contribution in [0, 0.1) is 0 Å². The molecule has 1 heterocycles. The Morgan fingerprint density at radius 3 is 2.34 bits per heavy atom. The first-order valence-corrected chi connectivity index (χ1v) is 14.4. The van der Waals surface area contributed by atoms with Crippen molar-refractivity contribution in [2.75, 3.05) is 5.75 Å². The molecule has 12 heteroatoms. The highest BCUT2D eigenvalue weighted by atomic mass is 33.1. The van der Waals surface area contributed by atoms with Crippen molar-refractivity contribution in [3.05, 3.63) is 65.7 Å². The third-order valence-electron chi connectivity index (χ3n) is 6.06. The SMILES string of the molecule is CC1(C)SSC[C@@H](C(N)=O)NC(=O)C(Cc2ccccc2)NC(=O)[C@@H]1NC(=O)[C@@H](N)Cc1ccc(O)cc1. The highest BCUT2D eigenvalue weighted by molar-refractivity contribution is 8.77. The summed E-state index contributed by atoms with van der Waals surface area (Å²) in [6.07, 6.45) is 0.369. The van der Waals surface area contributed by atoms with Crippen LogP contribution < -0.4 is 27.4 Å². The summed E-state index contributed by atoms with van der Waals surface area (Å²) in [6, 6.07) is 11.5. The number of hydrogen-bond acceptors (Lipinski definition) is 8. The summed E-state index contributed by atoms with van der Waals surface area (Å²) in [7, 11) is 2.57. The number of amides is 4. The van der Waals surface area contributed by atoms with E-state index >= 15 is 0 Å². The molecule has 0 saturated carbocycles. The second kappa shape index (κ2) is 13.0. The van der Waals surface area contributed by atoms with Crippen molar-refractivity contribution in [1.29, 1.82) is 0 Å². The molecule has 0 aliphatic carbocycles. The van der Waals surface area contributed by atoms with Crippen molar-refractivity contribution in [3.63, 3.8) is 0 Å². The molecular formula is C26H33N5O5S2.